The number of aromatic nitrogens is 2. The van der Waals surface area contributed by atoms with Gasteiger partial charge in [0.25, 0.3) is 11.8 Å². The lowest BCUT2D eigenvalue weighted by Gasteiger charge is -2.40. The van der Waals surface area contributed by atoms with Crippen LogP contribution in [0.1, 0.15) is 52.0 Å². The summed E-state index contributed by atoms with van der Waals surface area (Å²) in [4.78, 5) is 35.9. The van der Waals surface area contributed by atoms with Crippen molar-refractivity contribution in [3.05, 3.63) is 95.8 Å². The minimum atomic E-state index is -0.125. The van der Waals surface area contributed by atoms with Gasteiger partial charge < -0.3 is 20.5 Å². The topological polar surface area (TPSA) is 90.1 Å². The normalized spacial score (nSPS) is 20.9. The quantitative estimate of drug-likeness (QED) is 0.382. The number of carbonyl (C=O) groups excluding carboxylic acids is 2. The molecule has 2 amide bonds. The van der Waals surface area contributed by atoms with E-state index < -0.39 is 0 Å². The van der Waals surface area contributed by atoms with Crippen LogP contribution in [-0.2, 0) is 6.54 Å². The van der Waals surface area contributed by atoms with Crippen LogP contribution in [0.25, 0.3) is 10.9 Å². The zero-order valence-corrected chi connectivity index (χ0v) is 20.0. The number of anilines is 1. The second kappa shape index (κ2) is 9.49. The molecule has 4 aromatic rings. The van der Waals surface area contributed by atoms with E-state index >= 15 is 0 Å². The van der Waals surface area contributed by atoms with E-state index in [1.54, 1.807) is 6.20 Å². The fraction of sp³-hybridized carbons (Fsp3) is 0.276. The number of nitrogens with one attached hydrogen (secondary N) is 3. The number of fused-ring (bicyclic) bond motifs is 3. The molecule has 1 unspecified atom stereocenters. The van der Waals surface area contributed by atoms with Crippen molar-refractivity contribution >= 4 is 28.5 Å². The molecule has 182 valence electrons. The number of pyridine rings is 1. The summed E-state index contributed by atoms with van der Waals surface area (Å²) >= 11 is 0. The molecular weight excluding hydrogens is 450 g/mol. The molecule has 0 radical (unpaired) electrons. The first-order valence-electron chi connectivity index (χ1n) is 12.6. The first-order chi connectivity index (χ1) is 17.7. The van der Waals surface area contributed by atoms with Crippen LogP contribution in [0.3, 0.4) is 0 Å². The van der Waals surface area contributed by atoms with Crippen molar-refractivity contribution in [2.45, 2.75) is 50.4 Å². The maximum Gasteiger partial charge on any atom is 0.253 e. The van der Waals surface area contributed by atoms with E-state index in [0.29, 0.717) is 29.8 Å². The fourth-order valence-electron chi connectivity index (χ4n) is 5.77. The maximum absolute atomic E-state index is 13.1. The van der Waals surface area contributed by atoms with Gasteiger partial charge in [-0.1, -0.05) is 36.4 Å². The molecule has 2 aliphatic heterocycles. The molecule has 2 fully saturated rings. The number of H-pyrrole nitrogens is 1. The number of amides is 2. The van der Waals surface area contributed by atoms with Crippen LogP contribution in [-0.4, -0.2) is 39.9 Å². The van der Waals surface area contributed by atoms with Crippen molar-refractivity contribution in [3.8, 4) is 0 Å². The van der Waals surface area contributed by atoms with E-state index in [4.69, 9.17) is 0 Å². The first-order valence-corrected chi connectivity index (χ1v) is 12.6. The predicted molar refractivity (Wildman–Crippen MR) is 140 cm³/mol. The number of hydrogen-bond acceptors (Lipinski definition) is 4. The summed E-state index contributed by atoms with van der Waals surface area (Å²) in [5.41, 5.74) is 3.31. The third kappa shape index (κ3) is 4.33. The number of rotatable bonds is 6. The Morgan fingerprint density at radius 1 is 0.917 bits per heavy atom. The molecule has 3 atom stereocenters. The molecule has 7 nitrogen and oxygen atoms in total. The average molecular weight is 480 g/mol. The van der Waals surface area contributed by atoms with Gasteiger partial charge in [-0.2, -0.15) is 0 Å². The minimum absolute atomic E-state index is 0.0120. The van der Waals surface area contributed by atoms with Gasteiger partial charge in [0, 0.05) is 53.5 Å². The van der Waals surface area contributed by atoms with Gasteiger partial charge in [0.05, 0.1) is 5.56 Å². The molecular formula is C29H29N5O2. The Balaban J connectivity index is 1.09. The zero-order chi connectivity index (χ0) is 24.5. The maximum atomic E-state index is 13.1. The number of aromatic amines is 1. The van der Waals surface area contributed by atoms with Crippen molar-refractivity contribution < 1.29 is 9.59 Å². The van der Waals surface area contributed by atoms with Gasteiger partial charge in [0.15, 0.2) is 0 Å². The van der Waals surface area contributed by atoms with Gasteiger partial charge in [-0.3, -0.25) is 9.59 Å². The molecule has 2 aromatic heterocycles. The van der Waals surface area contributed by atoms with Gasteiger partial charge >= 0.3 is 0 Å². The highest BCUT2D eigenvalue weighted by Gasteiger charge is 2.41. The Morgan fingerprint density at radius 3 is 2.47 bits per heavy atom. The molecule has 0 saturated carbocycles. The van der Waals surface area contributed by atoms with Crippen molar-refractivity contribution in [2.75, 3.05) is 4.90 Å². The number of benzene rings is 2. The van der Waals surface area contributed by atoms with E-state index in [9.17, 15) is 9.59 Å². The smallest absolute Gasteiger partial charge is 0.253 e. The lowest BCUT2D eigenvalue weighted by atomic mass is 9.96. The molecule has 6 rings (SSSR count). The highest BCUT2D eigenvalue weighted by atomic mass is 16.2. The van der Waals surface area contributed by atoms with Gasteiger partial charge in [0.1, 0.15) is 5.82 Å². The highest BCUT2D eigenvalue weighted by molar-refractivity contribution is 6.06. The van der Waals surface area contributed by atoms with Crippen LogP contribution in [0.4, 0.5) is 5.82 Å². The predicted octanol–water partition coefficient (Wildman–Crippen LogP) is 4.42. The molecule has 0 aliphatic carbocycles. The summed E-state index contributed by atoms with van der Waals surface area (Å²) in [6.45, 7) is 0.489. The monoisotopic (exact) mass is 479 g/mol. The van der Waals surface area contributed by atoms with E-state index in [2.05, 4.69) is 25.5 Å². The summed E-state index contributed by atoms with van der Waals surface area (Å²) < 4.78 is 0. The molecule has 2 saturated heterocycles. The largest absolute Gasteiger partial charge is 0.361 e. The number of hydrogen-bond donors (Lipinski definition) is 3. The summed E-state index contributed by atoms with van der Waals surface area (Å²) in [6.07, 6.45) is 7.50. The number of carbonyl (C=O) groups is 2. The standard InChI is InChI=1S/C29H29N5O2/c35-28(32-17-19-5-2-1-3-6-19)20-9-12-27(31-18-20)34-22-10-11-23(34)16-21(15-22)33-29(36)25-7-4-8-26-24(25)13-14-30-26/h1-9,12-14,18,21-23,30H,10-11,15-17H2,(H,32,35)(H,33,36)/t21?,22-,23+. The van der Waals surface area contributed by atoms with E-state index in [1.165, 1.54) is 0 Å². The lowest BCUT2D eigenvalue weighted by Crippen LogP contribution is -2.50. The zero-order valence-electron chi connectivity index (χ0n) is 20.0. The average Bonchev–Trinajstić information content (AvgIpc) is 3.50. The van der Waals surface area contributed by atoms with Crippen molar-refractivity contribution in [1.82, 2.24) is 20.6 Å². The highest BCUT2D eigenvalue weighted by Crippen LogP contribution is 2.38. The first kappa shape index (κ1) is 22.3. The lowest BCUT2D eigenvalue weighted by molar-refractivity contribution is 0.0926. The second-order valence-electron chi connectivity index (χ2n) is 9.75. The summed E-state index contributed by atoms with van der Waals surface area (Å²) in [5, 5.41) is 7.20. The van der Waals surface area contributed by atoms with Crippen LogP contribution in [0.5, 0.6) is 0 Å². The third-order valence-electron chi connectivity index (χ3n) is 7.48. The Labute approximate surface area is 209 Å². The Morgan fingerprint density at radius 2 is 1.72 bits per heavy atom. The van der Waals surface area contributed by atoms with Gasteiger partial charge in [-0.25, -0.2) is 4.98 Å². The van der Waals surface area contributed by atoms with Gasteiger partial charge in [-0.15, -0.1) is 0 Å². The van der Waals surface area contributed by atoms with Crippen molar-refractivity contribution in [3.63, 3.8) is 0 Å². The van der Waals surface area contributed by atoms with Gasteiger partial charge in [-0.05, 0) is 61.6 Å². The fourth-order valence-corrected chi connectivity index (χ4v) is 5.77. The van der Waals surface area contributed by atoms with Crippen molar-refractivity contribution in [1.29, 1.82) is 0 Å². The van der Waals surface area contributed by atoms with Crippen molar-refractivity contribution in [2.24, 2.45) is 0 Å². The molecule has 36 heavy (non-hydrogen) atoms. The third-order valence-corrected chi connectivity index (χ3v) is 7.48. The summed E-state index contributed by atoms with van der Waals surface area (Å²) in [7, 11) is 0. The van der Waals surface area contributed by atoms with E-state index in [0.717, 1.165) is 48.0 Å². The number of nitrogens with zero attached hydrogens (tertiary/aromatic N) is 2. The summed E-state index contributed by atoms with van der Waals surface area (Å²) in [5.74, 6) is 0.769. The molecule has 2 aromatic carbocycles. The Kier molecular flexibility index (Phi) is 5.89. The van der Waals surface area contributed by atoms with Crippen LogP contribution in [0, 0.1) is 0 Å². The molecule has 2 aliphatic rings. The molecule has 4 heterocycles. The second-order valence-corrected chi connectivity index (χ2v) is 9.75. The Bertz CT molecular complexity index is 1370. The molecule has 0 spiro atoms. The summed E-state index contributed by atoms with van der Waals surface area (Å²) in [6, 6.07) is 22.2. The molecule has 2 bridgehead atoms. The van der Waals surface area contributed by atoms with E-state index in [-0.39, 0.29) is 17.9 Å². The van der Waals surface area contributed by atoms with Crippen LogP contribution in [0.2, 0.25) is 0 Å². The van der Waals surface area contributed by atoms with Crippen LogP contribution >= 0.6 is 0 Å². The minimum Gasteiger partial charge on any atom is -0.361 e. The van der Waals surface area contributed by atoms with E-state index in [1.807, 2.05) is 72.9 Å². The van der Waals surface area contributed by atoms with Crippen LogP contribution < -0.4 is 15.5 Å². The van der Waals surface area contributed by atoms with Gasteiger partial charge in [0.2, 0.25) is 0 Å². The SMILES string of the molecule is O=C(NCc1ccccc1)c1ccc(N2[C@@H]3CC[C@H]2CC(NC(=O)c2cccc4[nH]ccc24)C3)nc1. The van der Waals surface area contributed by atoms with Crippen LogP contribution in [0.15, 0.2) is 79.1 Å². The molecule has 3 N–H and O–H groups in total. The Hall–Kier alpha value is -4.13. The molecule has 7 heteroatoms. The number of piperidine rings is 1.